The molecule has 0 bridgehead atoms. The van der Waals surface area contributed by atoms with Gasteiger partial charge in [0.1, 0.15) is 0 Å². The van der Waals surface area contributed by atoms with Crippen LogP contribution in [0.4, 0.5) is 110 Å². The summed E-state index contributed by atoms with van der Waals surface area (Å²) in [6.07, 6.45) is -9.19. The van der Waals surface area contributed by atoms with Gasteiger partial charge in [-0.2, -0.15) is 110 Å². The first kappa shape index (κ1) is 48.2. The minimum absolute atomic E-state index is 0.107. The standard InChI is InChI=1S/C25H27F25/c1-13(2)11-9-7-5-3-4-6-8-10-12-14(26,27)15(28,29)16(30,31)17(32,33)18(34,35)19(36,37)20(38,39)21(40,41)22(42,43)23(44,45)24(46,47)25(48,49)50/h13H,3-12H2,1-2H3. The molecule has 0 aromatic rings. The second-order valence-corrected chi connectivity index (χ2v) is 11.7. The Morgan fingerprint density at radius 3 is 0.760 bits per heavy atom. The molecule has 0 saturated carbocycles. The van der Waals surface area contributed by atoms with Gasteiger partial charge in [0.25, 0.3) is 0 Å². The fourth-order valence-electron chi connectivity index (χ4n) is 4.10. The van der Waals surface area contributed by atoms with Crippen molar-refractivity contribution in [2.75, 3.05) is 0 Å². The number of hydrogen-bond donors (Lipinski definition) is 0. The molecule has 50 heavy (non-hydrogen) atoms. The largest absolute Gasteiger partial charge is 0.460 e. The monoisotopic (exact) mass is 802 g/mol. The molecule has 0 aromatic carbocycles. The lowest BCUT2D eigenvalue weighted by molar-refractivity contribution is -0.482. The normalized spacial score (nSPS) is 16.1. The molecule has 302 valence electrons. The van der Waals surface area contributed by atoms with E-state index in [0.29, 0.717) is 25.2 Å². The van der Waals surface area contributed by atoms with Gasteiger partial charge in [0.15, 0.2) is 0 Å². The molecule has 0 amide bonds. The Kier molecular flexibility index (Phi) is 14.1. The fourth-order valence-corrected chi connectivity index (χ4v) is 4.10. The van der Waals surface area contributed by atoms with Gasteiger partial charge in [-0.3, -0.25) is 0 Å². The summed E-state index contributed by atoms with van der Waals surface area (Å²) < 4.78 is 338. The highest BCUT2D eigenvalue weighted by Gasteiger charge is 2.99. The number of halogens is 25. The van der Waals surface area contributed by atoms with Crippen LogP contribution < -0.4 is 0 Å². The molecular formula is C25H27F25. The zero-order chi connectivity index (χ0) is 40.6. The Morgan fingerprint density at radius 1 is 0.280 bits per heavy atom. The van der Waals surface area contributed by atoms with Crippen molar-refractivity contribution >= 4 is 0 Å². The van der Waals surface area contributed by atoms with E-state index in [1.807, 2.05) is 13.8 Å². The van der Waals surface area contributed by atoms with Crippen molar-refractivity contribution in [2.24, 2.45) is 5.92 Å². The Morgan fingerprint density at radius 2 is 0.500 bits per heavy atom. The number of unbranched alkanes of at least 4 members (excludes halogenated alkanes) is 7. The highest BCUT2D eigenvalue weighted by Crippen LogP contribution is 2.68. The van der Waals surface area contributed by atoms with E-state index in [9.17, 15) is 110 Å². The molecule has 0 nitrogen and oxygen atoms in total. The first-order valence-corrected chi connectivity index (χ1v) is 13.9. The van der Waals surface area contributed by atoms with Crippen molar-refractivity contribution in [3.63, 3.8) is 0 Å². The molecule has 0 heterocycles. The van der Waals surface area contributed by atoms with Crippen molar-refractivity contribution < 1.29 is 110 Å². The van der Waals surface area contributed by atoms with Gasteiger partial charge in [0.2, 0.25) is 0 Å². The van der Waals surface area contributed by atoms with Gasteiger partial charge in [-0.25, -0.2) is 0 Å². The van der Waals surface area contributed by atoms with Gasteiger partial charge >= 0.3 is 71.3 Å². The van der Waals surface area contributed by atoms with E-state index in [2.05, 4.69) is 0 Å². The third kappa shape index (κ3) is 7.65. The van der Waals surface area contributed by atoms with Crippen molar-refractivity contribution in [2.45, 2.75) is 149 Å². The zero-order valence-electron chi connectivity index (χ0n) is 25.1. The average Bonchev–Trinajstić information content (AvgIpc) is 2.91. The highest BCUT2D eigenvalue weighted by molar-refractivity contribution is 5.19. The van der Waals surface area contributed by atoms with Gasteiger partial charge in [-0.15, -0.1) is 0 Å². The van der Waals surface area contributed by atoms with Crippen molar-refractivity contribution in [3.8, 4) is 0 Å². The Bertz CT molecular complexity index is 1080. The van der Waals surface area contributed by atoms with Gasteiger partial charge < -0.3 is 0 Å². The smallest absolute Gasteiger partial charge is 0.200 e. The van der Waals surface area contributed by atoms with E-state index >= 15 is 0 Å². The van der Waals surface area contributed by atoms with Crippen LogP contribution in [0, 0.1) is 5.92 Å². The van der Waals surface area contributed by atoms with E-state index in [1.54, 1.807) is 0 Å². The van der Waals surface area contributed by atoms with Gasteiger partial charge in [0, 0.05) is 6.42 Å². The SMILES string of the molecule is CC(C)CCCCCCCCCCC(F)(F)C(F)(F)C(F)(F)C(F)(F)C(F)(F)C(F)(F)C(F)(F)C(F)(F)C(F)(F)C(F)(F)C(F)(F)C(F)(F)F. The van der Waals surface area contributed by atoms with Gasteiger partial charge in [0.05, 0.1) is 0 Å². The van der Waals surface area contributed by atoms with Crippen LogP contribution >= 0.6 is 0 Å². The quantitative estimate of drug-likeness (QED) is 0.0801. The summed E-state index contributed by atoms with van der Waals surface area (Å²) >= 11 is 0. The molecule has 25 heteroatoms. The number of hydrogen-bond acceptors (Lipinski definition) is 0. The van der Waals surface area contributed by atoms with E-state index in [1.165, 1.54) is 0 Å². The summed E-state index contributed by atoms with van der Waals surface area (Å²) in [4.78, 5) is 0. The van der Waals surface area contributed by atoms with E-state index in [4.69, 9.17) is 0 Å². The first-order chi connectivity index (χ1) is 21.7. The summed E-state index contributed by atoms with van der Waals surface area (Å²) in [5, 5.41) is 0. The molecule has 0 aliphatic carbocycles. The summed E-state index contributed by atoms with van der Waals surface area (Å²) in [5.41, 5.74) is 0. The molecule has 0 unspecified atom stereocenters. The second-order valence-electron chi connectivity index (χ2n) is 11.7. The molecule has 0 N–H and O–H groups in total. The molecule has 0 spiro atoms. The Balaban J connectivity index is 6.40. The predicted molar refractivity (Wildman–Crippen MR) is 121 cm³/mol. The topological polar surface area (TPSA) is 0 Å². The molecule has 0 fully saturated rings. The second kappa shape index (κ2) is 14.6. The van der Waals surface area contributed by atoms with Crippen LogP contribution in [0.1, 0.15) is 78.1 Å². The number of rotatable bonds is 21. The third-order valence-electron chi connectivity index (χ3n) is 7.39. The van der Waals surface area contributed by atoms with Crippen LogP contribution in [0.2, 0.25) is 0 Å². The van der Waals surface area contributed by atoms with Crippen LogP contribution in [-0.4, -0.2) is 71.3 Å². The summed E-state index contributed by atoms with van der Waals surface area (Å²) in [7, 11) is 0. The lowest BCUT2D eigenvalue weighted by Crippen LogP contribution is -2.78. The van der Waals surface area contributed by atoms with Crippen molar-refractivity contribution in [1.29, 1.82) is 0 Å². The maximum Gasteiger partial charge on any atom is 0.460 e. The third-order valence-corrected chi connectivity index (χ3v) is 7.39. The van der Waals surface area contributed by atoms with E-state index in [0.717, 1.165) is 12.8 Å². The van der Waals surface area contributed by atoms with Crippen molar-refractivity contribution in [1.82, 2.24) is 0 Å². The molecular weight excluding hydrogens is 775 g/mol. The minimum atomic E-state index is -9.57. The van der Waals surface area contributed by atoms with E-state index in [-0.39, 0.29) is 12.8 Å². The van der Waals surface area contributed by atoms with Crippen molar-refractivity contribution in [3.05, 3.63) is 0 Å². The molecule has 0 rings (SSSR count). The fraction of sp³-hybridized carbons (Fsp3) is 1.00. The first-order valence-electron chi connectivity index (χ1n) is 13.9. The highest BCUT2D eigenvalue weighted by atomic mass is 19.4. The summed E-state index contributed by atoms with van der Waals surface area (Å²) in [6, 6.07) is 0. The summed E-state index contributed by atoms with van der Waals surface area (Å²) in [5.74, 6) is -97.3. The molecule has 0 aromatic heterocycles. The molecule has 0 aliphatic rings. The van der Waals surface area contributed by atoms with Crippen LogP contribution in [0.3, 0.4) is 0 Å². The van der Waals surface area contributed by atoms with Crippen LogP contribution in [0.25, 0.3) is 0 Å². The number of alkyl halides is 25. The Hall–Kier alpha value is -1.75. The zero-order valence-corrected chi connectivity index (χ0v) is 25.1. The van der Waals surface area contributed by atoms with Gasteiger partial charge in [-0.1, -0.05) is 65.2 Å². The molecule has 0 atom stereocenters. The molecule has 0 radical (unpaired) electrons. The predicted octanol–water partition coefficient (Wildman–Crippen LogP) is 13.1. The maximum absolute atomic E-state index is 14.0. The van der Waals surface area contributed by atoms with Crippen LogP contribution in [0.15, 0.2) is 0 Å². The minimum Gasteiger partial charge on any atom is -0.200 e. The lowest BCUT2D eigenvalue weighted by atomic mass is 9.84. The molecule has 0 aliphatic heterocycles. The van der Waals surface area contributed by atoms with Crippen LogP contribution in [-0.2, 0) is 0 Å². The Labute approximate surface area is 266 Å². The van der Waals surface area contributed by atoms with Crippen LogP contribution in [0.5, 0.6) is 0 Å². The summed E-state index contributed by atoms with van der Waals surface area (Å²) in [6.45, 7) is 3.85. The van der Waals surface area contributed by atoms with Gasteiger partial charge in [-0.05, 0) is 12.3 Å². The molecule has 0 saturated heterocycles. The average molecular weight is 802 g/mol. The lowest BCUT2D eigenvalue weighted by Gasteiger charge is -2.45. The maximum atomic E-state index is 14.0. The van der Waals surface area contributed by atoms with E-state index < -0.39 is 90.6 Å².